The monoisotopic (exact) mass is 1730 g/mol. The van der Waals surface area contributed by atoms with Gasteiger partial charge in [-0.15, -0.1) is 6.54 Å². The first-order valence-corrected chi connectivity index (χ1v) is 42.8. The van der Waals surface area contributed by atoms with E-state index in [1.54, 1.807) is 55.2 Å². The van der Waals surface area contributed by atoms with Crippen molar-refractivity contribution >= 4 is 86.6 Å². The van der Waals surface area contributed by atoms with Crippen molar-refractivity contribution in [2.45, 2.75) is 169 Å². The molecule has 1 saturated heterocycles. The second-order valence-corrected chi connectivity index (χ2v) is 34.9. The molecule has 4 aliphatic heterocycles. The first-order valence-electron chi connectivity index (χ1n) is 37.0. The van der Waals surface area contributed by atoms with Crippen LogP contribution >= 0.6 is 0 Å². The average molecular weight is 1730 g/mol. The minimum atomic E-state index is -4.79. The van der Waals surface area contributed by atoms with Gasteiger partial charge in [-0.05, 0) is 223 Å². The average Bonchev–Trinajstić information content (AvgIpc) is 1.61. The zero-order valence-corrected chi connectivity index (χ0v) is 74.4. The molecular weight excluding hydrogens is 1640 g/mol. The fourth-order valence-corrected chi connectivity index (χ4v) is 16.6. The van der Waals surface area contributed by atoms with E-state index in [0.29, 0.717) is 111 Å². The van der Waals surface area contributed by atoms with E-state index in [1.165, 1.54) is 35.2 Å². The molecule has 32 heteroatoms. The smallest absolute Gasteiger partial charge is 0.862 e. The van der Waals surface area contributed by atoms with Crippen molar-refractivity contribution in [1.29, 1.82) is 0 Å². The van der Waals surface area contributed by atoms with Crippen LogP contribution in [0.4, 0.5) is 17.1 Å². The number of likely N-dealkylation sites (tertiary alicyclic amines) is 1. The van der Waals surface area contributed by atoms with E-state index in [4.69, 9.17) is 4.99 Å². The van der Waals surface area contributed by atoms with Crippen LogP contribution in [0.3, 0.4) is 0 Å². The van der Waals surface area contributed by atoms with Crippen molar-refractivity contribution in [3.63, 3.8) is 0 Å². The van der Waals surface area contributed by atoms with Crippen LogP contribution in [0, 0.1) is 0 Å². The molecule has 5 aromatic heterocycles. The summed E-state index contributed by atoms with van der Waals surface area (Å²) in [5, 5.41) is 12.9. The number of carbonyl (C=O) groups is 2. The molecule has 12 rings (SSSR count). The summed E-state index contributed by atoms with van der Waals surface area (Å²) in [6.07, 6.45) is 22.4. The molecule has 1 fully saturated rings. The van der Waals surface area contributed by atoms with Crippen molar-refractivity contribution in [3.8, 4) is 22.8 Å². The Kier molecular flexibility index (Phi) is 34.5. The molecule has 0 spiro atoms. The minimum absolute atomic E-state index is 0. The Bertz CT molecular complexity index is 5150. The van der Waals surface area contributed by atoms with Crippen LogP contribution in [0.25, 0.3) is 27.5 Å². The fourth-order valence-electron chi connectivity index (χ4n) is 14.0. The number of fused-ring (bicyclic) bond motifs is 3. The molecule has 0 unspecified atom stereocenters. The van der Waals surface area contributed by atoms with E-state index >= 15 is 0 Å². The normalized spacial score (nSPS) is 15.7. The van der Waals surface area contributed by atoms with Crippen LogP contribution in [-0.4, -0.2) is 149 Å². The summed E-state index contributed by atoms with van der Waals surface area (Å²) in [7, 11) is -18.0. The summed E-state index contributed by atoms with van der Waals surface area (Å²) in [6.45, 7) is 13.2. The van der Waals surface area contributed by atoms with Gasteiger partial charge < -0.3 is 33.4 Å². The Hall–Kier alpha value is -7.10. The van der Waals surface area contributed by atoms with Crippen LogP contribution < -0.4 is 69.1 Å². The molecule has 25 nitrogen and oxygen atoms in total. The number of amides is 2. The number of hydrogen-bond donors (Lipinski definition) is 0. The van der Waals surface area contributed by atoms with Crippen molar-refractivity contribution in [3.05, 3.63) is 227 Å². The third-order valence-corrected chi connectivity index (χ3v) is 23.8. The summed E-state index contributed by atoms with van der Waals surface area (Å²) in [5.74, 6) is -1.04. The molecule has 3 aromatic carbocycles. The van der Waals surface area contributed by atoms with Gasteiger partial charge in [-0.3, -0.25) is 39.4 Å². The number of sulfonamides is 1. The molecule has 9 heterocycles. The van der Waals surface area contributed by atoms with Crippen LogP contribution in [-0.2, 0) is 92.1 Å². The number of unbranched alkanes of at least 4 members (excludes halogenated alkanes) is 7. The van der Waals surface area contributed by atoms with Crippen molar-refractivity contribution in [2.75, 3.05) is 43.4 Å². The maximum atomic E-state index is 13.3. The predicted octanol–water partition coefficient (Wildman–Crippen LogP) is 6.65. The minimum Gasteiger partial charge on any atom is -0.862 e. The number of benzene rings is 3. The number of imide groups is 1. The summed E-state index contributed by atoms with van der Waals surface area (Å²) < 4.78 is 140. The molecule has 4 aliphatic rings. The van der Waals surface area contributed by atoms with Crippen LogP contribution in [0.1, 0.15) is 159 Å². The van der Waals surface area contributed by atoms with Crippen LogP contribution in [0.2, 0.25) is 0 Å². The van der Waals surface area contributed by atoms with Gasteiger partial charge in [-0.2, -0.15) is 4.58 Å². The number of pyridine rings is 5. The Morgan fingerprint density at radius 1 is 0.535 bits per heavy atom. The first-order chi connectivity index (χ1) is 52.7. The third-order valence-electron chi connectivity index (χ3n) is 20.0. The van der Waals surface area contributed by atoms with E-state index in [2.05, 4.69) is 39.2 Å². The fraction of sp³-hybridized carbons (Fsp3) is 0.366. The van der Waals surface area contributed by atoms with Gasteiger partial charge in [0.05, 0.1) is 65.2 Å². The second-order valence-electron chi connectivity index (χ2n) is 29.0. The largest absolute Gasteiger partial charge is 2.00 e. The Morgan fingerprint density at radius 3 is 1.63 bits per heavy atom. The zero-order chi connectivity index (χ0) is 79.8. The van der Waals surface area contributed by atoms with Gasteiger partial charge in [-0.25, -0.2) is 38.7 Å². The van der Waals surface area contributed by atoms with Gasteiger partial charge >= 0.3 is 78.6 Å². The Labute approximate surface area is 726 Å². The van der Waals surface area contributed by atoms with Gasteiger partial charge in [0.25, 0.3) is 0 Å². The van der Waals surface area contributed by atoms with E-state index in [0.717, 1.165) is 70.3 Å². The standard InChI is InChI=1S/C62H79N7O14S4.2C10H8N2.2Na.Ru/c1-60(2)48-41-45(86(78,79)80)24-27-52(48)67(54(60)20-18-21-55-61(3,4)49-42-46(87(81,82)83)25-28-53(49)68(55)36-16-17-38-84(73,74)75)35-14-8-12-32-64-56(70)22-11-7-10-19-43-31-34-63-51(39-43)59-62(5,6)47-40-44(23-26-50(47)66-59)85(76,77)65-33-13-9-15-37-69-57(71)29-30-58(69)72;2*1-3-7-11-9(5-1)10-6-2-4-8-12-10;;;/h18,20-21,23-28,31,34,39-42H,7-17,19,22,29-30,32-33,35-38H2,1-6H3,(H,64,70)(H,73,74,75)(H,78,79,80)(H,81,82,83);2*1-8H;;;/q;;;2*+1;+2/p-4. The van der Waals surface area contributed by atoms with Gasteiger partial charge in [0.2, 0.25) is 17.5 Å². The van der Waals surface area contributed by atoms with Gasteiger partial charge in [0.15, 0.2) is 5.71 Å². The maximum absolute atomic E-state index is 13.3. The van der Waals surface area contributed by atoms with E-state index in [9.17, 15) is 62.0 Å². The van der Waals surface area contributed by atoms with Gasteiger partial charge in [0.1, 0.15) is 36.8 Å². The number of nitrogens with zero attached hydrogens (tertiary/aromatic N) is 11. The third kappa shape index (κ3) is 24.8. The molecular formula is C82H91N11Na2O14RuS4. The van der Waals surface area contributed by atoms with Gasteiger partial charge in [0, 0.05) is 120 Å². The topological polar surface area (TPSA) is 376 Å². The molecule has 0 atom stereocenters. The van der Waals surface area contributed by atoms with E-state index in [1.807, 2.05) is 150 Å². The van der Waals surface area contributed by atoms with Crippen molar-refractivity contribution in [1.82, 2.24) is 29.8 Å². The molecule has 0 saturated carbocycles. The number of aromatic nitrogens is 5. The second kappa shape index (κ2) is 41.8. The molecule has 0 bridgehead atoms. The number of rotatable bonds is 32. The summed E-state index contributed by atoms with van der Waals surface area (Å²) >= 11 is 0. The SMILES string of the molecule is CC1(C)C(c2cc(CCCCCC([O-])=NCCCCC[N+]3=C(/C=C/C=C4/N(CCCCS(=O)(=O)[O-])c5ccc(S(=O)(=O)[O-])cc5C4(C)C)C(C)(C)c4cc(S(=O)(=O)[O-])ccc43)ccn2)=Nc2ccc(S(=O)(=O)[N-]CCCCCN3C(=O)CCC3=O)cc21.[Na+].[Na+].[Ru+2].c1ccc(-c2ccccn2)nc1.c1ccc(-c2ccccn2)nc1. The van der Waals surface area contributed by atoms with E-state index < -0.39 is 67.3 Å². The number of aliphatic imine (C=N–C) groups is 2. The first kappa shape index (κ1) is 94.1. The van der Waals surface area contributed by atoms with Crippen molar-refractivity contribution in [2.24, 2.45) is 9.98 Å². The predicted molar refractivity (Wildman–Crippen MR) is 421 cm³/mol. The van der Waals surface area contributed by atoms with Crippen LogP contribution in [0.5, 0.6) is 0 Å². The summed E-state index contributed by atoms with van der Waals surface area (Å²) in [6, 6.07) is 40.5. The molecule has 8 aromatic rings. The maximum Gasteiger partial charge on any atom is 2.00 e. The summed E-state index contributed by atoms with van der Waals surface area (Å²) in [4.78, 5) is 56.9. The van der Waals surface area contributed by atoms with Crippen molar-refractivity contribution < 1.29 is 145 Å². The molecule has 2 amide bonds. The number of carbonyl (C=O) groups excluding carboxylic acids is 2. The van der Waals surface area contributed by atoms with Gasteiger partial charge in [-0.1, -0.05) is 63.5 Å². The molecule has 0 N–H and O–H groups in total. The number of anilines is 1. The summed E-state index contributed by atoms with van der Waals surface area (Å²) in [5.41, 5.74) is 9.34. The Balaban J connectivity index is 0.000000560. The quantitative estimate of drug-likeness (QED) is 0.00810. The number of hydrogen-bond acceptors (Lipinski definition) is 22. The Morgan fingerprint density at radius 2 is 1.06 bits per heavy atom. The van der Waals surface area contributed by atoms with Crippen LogP contribution in [0.15, 0.2) is 219 Å². The number of aryl methyl sites for hydroxylation is 1. The number of allylic oxidation sites excluding steroid dienone is 4. The zero-order valence-electron chi connectivity index (χ0n) is 65.4. The molecule has 0 aliphatic carbocycles. The molecule has 114 heavy (non-hydrogen) atoms. The van der Waals surface area contributed by atoms with E-state index in [-0.39, 0.29) is 138 Å². The molecule has 0 radical (unpaired) electrons. The molecule has 592 valence electrons.